The first-order valence-electron chi connectivity index (χ1n) is 12.9. The van der Waals surface area contributed by atoms with Crippen molar-refractivity contribution in [2.45, 2.75) is 55.5 Å². The fourth-order valence-electron chi connectivity index (χ4n) is 4.23. The van der Waals surface area contributed by atoms with Crippen LogP contribution in [0.25, 0.3) is 10.2 Å². The molecule has 0 saturated heterocycles. The van der Waals surface area contributed by atoms with Crippen LogP contribution in [0, 0.1) is 5.92 Å². The second-order valence-corrected chi connectivity index (χ2v) is 11.6. The van der Waals surface area contributed by atoms with Crippen molar-refractivity contribution >= 4 is 57.1 Å². The molecule has 1 heterocycles. The average Bonchev–Trinajstić information content (AvgIpc) is 3.32. The Labute approximate surface area is 235 Å². The summed E-state index contributed by atoms with van der Waals surface area (Å²) < 4.78 is 1.49. The molecule has 0 fully saturated rings. The lowest BCUT2D eigenvalue weighted by atomic mass is 9.90. The lowest BCUT2D eigenvalue weighted by Crippen LogP contribution is -2.38. The lowest BCUT2D eigenvalue weighted by molar-refractivity contribution is -0.135. The van der Waals surface area contributed by atoms with E-state index in [-0.39, 0.29) is 29.0 Å². The monoisotopic (exact) mass is 571 g/mol. The molecule has 0 bridgehead atoms. The molecule has 2 amide bonds. The number of amides is 2. The highest BCUT2D eigenvalue weighted by molar-refractivity contribution is 8.01. The zero-order valence-electron chi connectivity index (χ0n) is 22.0. The fourth-order valence-corrected chi connectivity index (χ4v) is 6.79. The predicted octanol–water partition coefficient (Wildman–Crippen LogP) is 5.45. The van der Waals surface area contributed by atoms with Crippen LogP contribution >= 0.6 is 23.1 Å². The van der Waals surface area contributed by atoms with E-state index in [0.29, 0.717) is 17.4 Å². The van der Waals surface area contributed by atoms with Crippen LogP contribution in [0.2, 0.25) is 0 Å². The summed E-state index contributed by atoms with van der Waals surface area (Å²) in [4.78, 5) is 56.5. The molecule has 0 aliphatic rings. The van der Waals surface area contributed by atoms with E-state index < -0.39 is 29.0 Å². The number of carboxylic acid groups (broad SMARTS) is 2. The van der Waals surface area contributed by atoms with E-state index in [9.17, 15) is 29.4 Å². The summed E-state index contributed by atoms with van der Waals surface area (Å²) in [5.41, 5.74) is 6.38. The molecule has 3 rings (SSSR count). The van der Waals surface area contributed by atoms with Crippen LogP contribution in [0.3, 0.4) is 0 Å². The van der Waals surface area contributed by atoms with Gasteiger partial charge in [0.05, 0.1) is 27.3 Å². The van der Waals surface area contributed by atoms with Crippen molar-refractivity contribution in [3.63, 3.8) is 0 Å². The van der Waals surface area contributed by atoms with Crippen LogP contribution in [0.15, 0.2) is 46.8 Å². The Balaban J connectivity index is 2.08. The number of carbonyl (C=O) groups excluding carboxylic acids is 2. The quantitative estimate of drug-likeness (QED) is 0.204. The SMILES string of the molecule is CCCCN(CCCC)C(=O)CC(C(N)=O)C(Sc1nc2ccccc2s1)c1ccc(C(=O)O)cc1C(=O)O. The van der Waals surface area contributed by atoms with E-state index in [2.05, 4.69) is 4.98 Å². The molecule has 9 nitrogen and oxygen atoms in total. The number of aromatic carboxylic acids is 2. The first-order valence-corrected chi connectivity index (χ1v) is 14.6. The Morgan fingerprint density at radius 2 is 1.67 bits per heavy atom. The number of hydrogen-bond acceptors (Lipinski definition) is 7. The average molecular weight is 572 g/mol. The molecule has 208 valence electrons. The molecule has 0 aliphatic carbocycles. The number of benzene rings is 2. The minimum atomic E-state index is -1.34. The third-order valence-electron chi connectivity index (χ3n) is 6.38. The van der Waals surface area contributed by atoms with Gasteiger partial charge in [0, 0.05) is 24.8 Å². The van der Waals surface area contributed by atoms with Crippen LogP contribution < -0.4 is 5.73 Å². The highest BCUT2D eigenvalue weighted by Gasteiger charge is 2.36. The van der Waals surface area contributed by atoms with Crippen LogP contribution in [0.1, 0.15) is 77.5 Å². The van der Waals surface area contributed by atoms with E-state index in [1.54, 1.807) is 4.90 Å². The van der Waals surface area contributed by atoms with E-state index in [1.807, 2.05) is 38.1 Å². The second-order valence-electron chi connectivity index (χ2n) is 9.20. The Hall–Kier alpha value is -3.44. The maximum absolute atomic E-state index is 13.5. The molecular formula is C28H33N3O6S2. The number of carboxylic acids is 2. The lowest BCUT2D eigenvalue weighted by Gasteiger charge is -2.28. The van der Waals surface area contributed by atoms with Gasteiger partial charge in [-0.3, -0.25) is 9.59 Å². The normalized spacial score (nSPS) is 12.7. The smallest absolute Gasteiger partial charge is 0.336 e. The van der Waals surface area contributed by atoms with Gasteiger partial charge in [0.15, 0.2) is 4.34 Å². The van der Waals surface area contributed by atoms with Crippen molar-refractivity contribution < 1.29 is 29.4 Å². The van der Waals surface area contributed by atoms with Gasteiger partial charge < -0.3 is 20.8 Å². The zero-order valence-corrected chi connectivity index (χ0v) is 23.6. The molecule has 0 radical (unpaired) electrons. The van der Waals surface area contributed by atoms with Crippen molar-refractivity contribution in [1.29, 1.82) is 0 Å². The molecule has 0 spiro atoms. The minimum Gasteiger partial charge on any atom is -0.478 e. The number of thiazole rings is 1. The number of nitrogens with two attached hydrogens (primary N) is 1. The van der Waals surface area contributed by atoms with Crippen LogP contribution in [-0.4, -0.2) is 56.9 Å². The number of carbonyl (C=O) groups is 4. The standard InChI is InChI=1S/C28H33N3O6S2/c1-3-5-13-31(14-6-4-2)23(32)16-20(25(29)33)24(39-28-30-21-9-7-8-10-22(21)38-28)18-12-11-17(26(34)35)15-19(18)27(36)37/h7-12,15,20,24H,3-6,13-14,16H2,1-2H3,(H2,29,33)(H,34,35)(H,36,37). The number of hydrogen-bond donors (Lipinski definition) is 3. The number of nitrogens with zero attached hydrogens (tertiary/aromatic N) is 2. The van der Waals surface area contributed by atoms with Crippen LogP contribution in [0.4, 0.5) is 0 Å². The molecule has 2 aromatic carbocycles. The molecule has 0 saturated carbocycles. The third-order valence-corrected chi connectivity index (χ3v) is 8.88. The van der Waals surface area contributed by atoms with E-state index in [4.69, 9.17) is 5.73 Å². The molecule has 2 atom stereocenters. The number of aromatic nitrogens is 1. The van der Waals surface area contributed by atoms with Gasteiger partial charge in [-0.25, -0.2) is 14.6 Å². The molecule has 0 aliphatic heterocycles. The van der Waals surface area contributed by atoms with Gasteiger partial charge in [-0.15, -0.1) is 11.3 Å². The number of fused-ring (bicyclic) bond motifs is 1. The molecule has 2 unspecified atom stereocenters. The van der Waals surface area contributed by atoms with Gasteiger partial charge in [-0.2, -0.15) is 0 Å². The molecule has 4 N–H and O–H groups in total. The number of primary amides is 1. The number of para-hydroxylation sites is 1. The number of unbranched alkanes of at least 4 members (excludes halogenated alkanes) is 2. The molecule has 1 aromatic heterocycles. The molecule has 3 aromatic rings. The second kappa shape index (κ2) is 14.1. The van der Waals surface area contributed by atoms with Crippen LogP contribution in [0.5, 0.6) is 0 Å². The topological polar surface area (TPSA) is 151 Å². The summed E-state index contributed by atoms with van der Waals surface area (Å²) in [5, 5.41) is 18.5. The highest BCUT2D eigenvalue weighted by atomic mass is 32.2. The third kappa shape index (κ3) is 7.79. The van der Waals surface area contributed by atoms with Crippen molar-refractivity contribution in [2.24, 2.45) is 11.7 Å². The maximum atomic E-state index is 13.5. The zero-order chi connectivity index (χ0) is 28.5. The van der Waals surface area contributed by atoms with Crippen molar-refractivity contribution in [3.05, 3.63) is 59.2 Å². The first-order chi connectivity index (χ1) is 18.7. The number of rotatable bonds is 15. The summed E-state index contributed by atoms with van der Waals surface area (Å²) in [7, 11) is 0. The van der Waals surface area contributed by atoms with E-state index in [0.717, 1.165) is 53.7 Å². The highest BCUT2D eigenvalue weighted by Crippen LogP contribution is 2.46. The van der Waals surface area contributed by atoms with Gasteiger partial charge in [-0.1, -0.05) is 56.7 Å². The Morgan fingerprint density at radius 1 is 1.00 bits per heavy atom. The van der Waals surface area contributed by atoms with E-state index in [1.165, 1.54) is 23.5 Å². The summed E-state index contributed by atoms with van der Waals surface area (Å²) in [6.07, 6.45) is 3.25. The predicted molar refractivity (Wildman–Crippen MR) is 152 cm³/mol. The van der Waals surface area contributed by atoms with Gasteiger partial charge in [-0.05, 0) is 42.7 Å². The summed E-state index contributed by atoms with van der Waals surface area (Å²) in [6.45, 7) is 5.19. The molecular weight excluding hydrogens is 538 g/mol. The summed E-state index contributed by atoms with van der Waals surface area (Å²) in [5.74, 6) is -4.65. The molecule has 39 heavy (non-hydrogen) atoms. The Morgan fingerprint density at radius 3 is 2.23 bits per heavy atom. The van der Waals surface area contributed by atoms with Crippen LogP contribution in [-0.2, 0) is 9.59 Å². The fraction of sp³-hybridized carbons (Fsp3) is 0.393. The van der Waals surface area contributed by atoms with E-state index >= 15 is 0 Å². The Bertz CT molecular complexity index is 1300. The van der Waals surface area contributed by atoms with Crippen molar-refractivity contribution in [2.75, 3.05) is 13.1 Å². The number of thioether (sulfide) groups is 1. The van der Waals surface area contributed by atoms with Gasteiger partial charge in [0.2, 0.25) is 11.8 Å². The maximum Gasteiger partial charge on any atom is 0.336 e. The summed E-state index contributed by atoms with van der Waals surface area (Å²) >= 11 is 2.55. The van der Waals surface area contributed by atoms with Crippen molar-refractivity contribution in [1.82, 2.24) is 9.88 Å². The van der Waals surface area contributed by atoms with Gasteiger partial charge in [0.1, 0.15) is 0 Å². The first kappa shape index (κ1) is 30.1. The largest absolute Gasteiger partial charge is 0.478 e. The minimum absolute atomic E-state index is 0.197. The van der Waals surface area contributed by atoms with Gasteiger partial charge >= 0.3 is 11.9 Å². The summed E-state index contributed by atoms with van der Waals surface area (Å²) in [6, 6.07) is 11.3. The van der Waals surface area contributed by atoms with Crippen molar-refractivity contribution in [3.8, 4) is 0 Å². The molecule has 11 heteroatoms. The Kier molecular flexibility index (Phi) is 10.9. The van der Waals surface area contributed by atoms with Gasteiger partial charge in [0.25, 0.3) is 0 Å².